The molecule has 1 rings (SSSR count). The largest absolute Gasteiger partial charge is 0.480 e. The molecule has 6 heteroatoms. The summed E-state index contributed by atoms with van der Waals surface area (Å²) in [6, 6.07) is 6.61. The molecule has 0 aliphatic carbocycles. The van der Waals surface area contributed by atoms with E-state index in [4.69, 9.17) is 16.7 Å². The molecule has 21 heavy (non-hydrogen) atoms. The van der Waals surface area contributed by atoms with Crippen molar-refractivity contribution in [2.45, 2.75) is 37.6 Å². The number of hydrogen-bond acceptors (Lipinski definition) is 3. The Hall–Kier alpha value is -1.20. The van der Waals surface area contributed by atoms with Crippen LogP contribution in [-0.2, 0) is 9.59 Å². The van der Waals surface area contributed by atoms with Crippen molar-refractivity contribution in [1.29, 1.82) is 0 Å². The average Bonchev–Trinajstić information content (AvgIpc) is 2.39. The molecule has 2 N–H and O–H groups in total. The second kappa shape index (κ2) is 8.95. The Bertz CT molecular complexity index is 494. The molecule has 1 atom stereocenters. The van der Waals surface area contributed by atoms with Gasteiger partial charge in [-0.25, -0.2) is 4.79 Å². The van der Waals surface area contributed by atoms with E-state index in [1.807, 2.05) is 32.0 Å². The van der Waals surface area contributed by atoms with Gasteiger partial charge in [0, 0.05) is 17.1 Å². The third-order valence-corrected chi connectivity index (χ3v) is 4.28. The molecule has 4 nitrogen and oxygen atoms in total. The zero-order valence-electron chi connectivity index (χ0n) is 12.1. The van der Waals surface area contributed by atoms with Gasteiger partial charge < -0.3 is 10.4 Å². The van der Waals surface area contributed by atoms with E-state index >= 15 is 0 Å². The van der Waals surface area contributed by atoms with Gasteiger partial charge in [-0.05, 0) is 24.5 Å². The van der Waals surface area contributed by atoms with Gasteiger partial charge in [0.15, 0.2) is 0 Å². The van der Waals surface area contributed by atoms with E-state index in [1.165, 1.54) is 11.8 Å². The molecule has 0 aromatic heterocycles. The Morgan fingerprint density at radius 1 is 1.33 bits per heavy atom. The van der Waals surface area contributed by atoms with Crippen LogP contribution in [0.25, 0.3) is 0 Å². The fourth-order valence-corrected chi connectivity index (χ4v) is 2.96. The lowest BCUT2D eigenvalue weighted by Gasteiger charge is -2.16. The van der Waals surface area contributed by atoms with Crippen LogP contribution in [0, 0.1) is 5.92 Å². The van der Waals surface area contributed by atoms with E-state index in [1.54, 1.807) is 6.07 Å². The maximum Gasteiger partial charge on any atom is 0.326 e. The summed E-state index contributed by atoms with van der Waals surface area (Å²) in [7, 11) is 0. The standard InChI is InChI=1S/C15H20ClNO3S/c1-10(2)9-12(15(19)20)17-14(18)7-8-21-13-6-4-3-5-11(13)16/h3-6,10,12H,7-9H2,1-2H3,(H,17,18)(H,19,20). The maximum absolute atomic E-state index is 11.8. The van der Waals surface area contributed by atoms with Crippen LogP contribution in [0.5, 0.6) is 0 Å². The first kappa shape index (κ1) is 17.9. The third kappa shape index (κ3) is 6.87. The van der Waals surface area contributed by atoms with Crippen molar-refractivity contribution in [3.05, 3.63) is 29.3 Å². The van der Waals surface area contributed by atoms with Crippen LogP contribution in [0.15, 0.2) is 29.2 Å². The normalized spacial score (nSPS) is 12.2. The predicted molar refractivity (Wildman–Crippen MR) is 85.8 cm³/mol. The first-order chi connectivity index (χ1) is 9.90. The average molecular weight is 330 g/mol. The summed E-state index contributed by atoms with van der Waals surface area (Å²) in [5.74, 6) is -0.467. The smallest absolute Gasteiger partial charge is 0.326 e. The fourth-order valence-electron chi connectivity index (χ4n) is 1.77. The van der Waals surface area contributed by atoms with Gasteiger partial charge in [0.05, 0.1) is 5.02 Å². The predicted octanol–water partition coefficient (Wildman–Crippen LogP) is 3.44. The SMILES string of the molecule is CC(C)CC(NC(=O)CCSc1ccccc1Cl)C(=O)O. The van der Waals surface area contributed by atoms with Crippen LogP contribution in [0.1, 0.15) is 26.7 Å². The molecule has 0 aliphatic rings. The molecule has 0 heterocycles. The minimum absolute atomic E-state index is 0.212. The lowest BCUT2D eigenvalue weighted by atomic mass is 10.0. The first-order valence-electron chi connectivity index (χ1n) is 6.79. The van der Waals surface area contributed by atoms with Crippen LogP contribution in [0.3, 0.4) is 0 Å². The van der Waals surface area contributed by atoms with E-state index in [2.05, 4.69) is 5.32 Å². The minimum Gasteiger partial charge on any atom is -0.480 e. The number of halogens is 1. The fraction of sp³-hybridized carbons (Fsp3) is 0.467. The number of aliphatic carboxylic acids is 1. The monoisotopic (exact) mass is 329 g/mol. The zero-order chi connectivity index (χ0) is 15.8. The topological polar surface area (TPSA) is 66.4 Å². The quantitative estimate of drug-likeness (QED) is 0.717. The van der Waals surface area contributed by atoms with Crippen molar-refractivity contribution in [3.8, 4) is 0 Å². The molecular formula is C15H20ClNO3S. The Morgan fingerprint density at radius 2 is 2.00 bits per heavy atom. The molecule has 0 bridgehead atoms. The van der Waals surface area contributed by atoms with Gasteiger partial charge in [-0.1, -0.05) is 37.6 Å². The second-order valence-electron chi connectivity index (χ2n) is 5.12. The number of thioether (sulfide) groups is 1. The number of amides is 1. The third-order valence-electron chi connectivity index (χ3n) is 2.76. The van der Waals surface area contributed by atoms with E-state index < -0.39 is 12.0 Å². The molecule has 0 radical (unpaired) electrons. The van der Waals surface area contributed by atoms with Crippen LogP contribution >= 0.6 is 23.4 Å². The molecule has 1 unspecified atom stereocenters. The Morgan fingerprint density at radius 3 is 2.57 bits per heavy atom. The van der Waals surface area contributed by atoms with Crippen molar-refractivity contribution in [3.63, 3.8) is 0 Å². The molecule has 0 saturated heterocycles. The first-order valence-corrected chi connectivity index (χ1v) is 8.16. The summed E-state index contributed by atoms with van der Waals surface area (Å²) in [5.41, 5.74) is 0. The van der Waals surface area contributed by atoms with Gasteiger partial charge >= 0.3 is 5.97 Å². The molecule has 0 aliphatic heterocycles. The van der Waals surface area contributed by atoms with Crippen molar-refractivity contribution in [2.75, 3.05) is 5.75 Å². The van der Waals surface area contributed by atoms with Crippen LogP contribution < -0.4 is 5.32 Å². The molecule has 116 valence electrons. The van der Waals surface area contributed by atoms with Gasteiger partial charge in [0.1, 0.15) is 6.04 Å². The maximum atomic E-state index is 11.8. The highest BCUT2D eigenvalue weighted by atomic mass is 35.5. The number of benzene rings is 1. The van der Waals surface area contributed by atoms with Crippen molar-refractivity contribution >= 4 is 35.2 Å². The minimum atomic E-state index is -0.990. The van der Waals surface area contributed by atoms with Crippen LogP contribution in [-0.4, -0.2) is 28.8 Å². The Kier molecular flexibility index (Phi) is 7.61. The van der Waals surface area contributed by atoms with E-state index in [-0.39, 0.29) is 18.2 Å². The lowest BCUT2D eigenvalue weighted by Crippen LogP contribution is -2.41. The zero-order valence-corrected chi connectivity index (χ0v) is 13.7. The van der Waals surface area contributed by atoms with Gasteiger partial charge in [0.25, 0.3) is 0 Å². The highest BCUT2D eigenvalue weighted by molar-refractivity contribution is 7.99. The Labute approximate surface area is 134 Å². The number of rotatable bonds is 8. The molecule has 0 saturated carbocycles. The van der Waals surface area contributed by atoms with Crippen LogP contribution in [0.4, 0.5) is 0 Å². The number of hydrogen-bond donors (Lipinski definition) is 2. The molecule has 0 spiro atoms. The number of carbonyl (C=O) groups is 2. The van der Waals surface area contributed by atoms with E-state index in [0.717, 1.165) is 4.90 Å². The van der Waals surface area contributed by atoms with E-state index in [9.17, 15) is 9.59 Å². The molecule has 1 aromatic carbocycles. The lowest BCUT2D eigenvalue weighted by molar-refractivity contribution is -0.142. The number of nitrogens with one attached hydrogen (secondary N) is 1. The summed E-state index contributed by atoms with van der Waals surface area (Å²) >= 11 is 7.51. The van der Waals surface area contributed by atoms with Crippen molar-refractivity contribution in [2.24, 2.45) is 5.92 Å². The highest BCUT2D eigenvalue weighted by Crippen LogP contribution is 2.26. The number of carboxylic acid groups (broad SMARTS) is 1. The van der Waals surface area contributed by atoms with Gasteiger partial charge in [-0.15, -0.1) is 11.8 Å². The van der Waals surface area contributed by atoms with E-state index in [0.29, 0.717) is 17.2 Å². The summed E-state index contributed by atoms with van der Waals surface area (Å²) in [6.45, 7) is 3.85. The molecule has 1 amide bonds. The molecule has 0 fully saturated rings. The van der Waals surface area contributed by atoms with Gasteiger partial charge in [0.2, 0.25) is 5.91 Å². The summed E-state index contributed by atoms with van der Waals surface area (Å²) in [5, 5.41) is 12.3. The Balaban J connectivity index is 2.39. The molecular weight excluding hydrogens is 310 g/mol. The summed E-state index contributed by atoms with van der Waals surface area (Å²) in [4.78, 5) is 23.8. The second-order valence-corrected chi connectivity index (χ2v) is 6.66. The van der Waals surface area contributed by atoms with Crippen molar-refractivity contribution in [1.82, 2.24) is 5.32 Å². The molecule has 1 aromatic rings. The number of carbonyl (C=O) groups excluding carboxylic acids is 1. The van der Waals surface area contributed by atoms with Crippen LogP contribution in [0.2, 0.25) is 5.02 Å². The van der Waals surface area contributed by atoms with Crippen molar-refractivity contribution < 1.29 is 14.7 Å². The summed E-state index contributed by atoms with van der Waals surface area (Å²) in [6.07, 6.45) is 0.691. The van der Waals surface area contributed by atoms with Gasteiger partial charge in [-0.3, -0.25) is 4.79 Å². The van der Waals surface area contributed by atoms with Gasteiger partial charge in [-0.2, -0.15) is 0 Å². The summed E-state index contributed by atoms with van der Waals surface area (Å²) < 4.78 is 0. The highest BCUT2D eigenvalue weighted by Gasteiger charge is 2.20. The number of carboxylic acids is 1.